The highest BCUT2D eigenvalue weighted by Gasteiger charge is 2.08. The Balaban J connectivity index is 1.87. The Kier molecular flexibility index (Phi) is 6.95. The van der Waals surface area contributed by atoms with Crippen molar-refractivity contribution in [3.8, 4) is 6.07 Å². The number of carbonyl (C=O) groups excluding carboxylic acids is 2. The average Bonchev–Trinajstić information content (AvgIpc) is 2.68. The van der Waals surface area contributed by atoms with Crippen LogP contribution < -0.4 is 10.6 Å². The quantitative estimate of drug-likeness (QED) is 0.455. The molecule has 0 bridgehead atoms. The molecular formula is C20H19N3O3. The van der Waals surface area contributed by atoms with Crippen LogP contribution in [0.4, 0.5) is 11.4 Å². The van der Waals surface area contributed by atoms with Gasteiger partial charge in [0.2, 0.25) is 5.91 Å². The van der Waals surface area contributed by atoms with Crippen molar-refractivity contribution in [1.29, 1.82) is 5.26 Å². The van der Waals surface area contributed by atoms with Gasteiger partial charge in [-0.2, -0.15) is 5.26 Å². The van der Waals surface area contributed by atoms with Gasteiger partial charge in [0.25, 0.3) is 0 Å². The Bertz CT molecular complexity index is 822. The molecule has 0 atom stereocenters. The third-order valence-corrected chi connectivity index (χ3v) is 3.56. The monoisotopic (exact) mass is 349 g/mol. The fourth-order valence-corrected chi connectivity index (χ4v) is 2.18. The molecule has 6 heteroatoms. The van der Waals surface area contributed by atoms with Gasteiger partial charge in [-0.3, -0.25) is 4.79 Å². The first-order valence-electron chi connectivity index (χ1n) is 8.01. The lowest BCUT2D eigenvalue weighted by molar-refractivity contribution is -0.135. The number of methoxy groups -OCH3 is 1. The van der Waals surface area contributed by atoms with Crippen LogP contribution in [0.5, 0.6) is 0 Å². The highest BCUT2D eigenvalue weighted by molar-refractivity contribution is 5.93. The van der Waals surface area contributed by atoms with E-state index in [4.69, 9.17) is 5.26 Å². The van der Waals surface area contributed by atoms with Crippen LogP contribution in [0.15, 0.2) is 66.4 Å². The standard InChI is InChI=1S/C20H19N3O3/c1-26-20(25)16(13-21)14-22-17-8-10-18(11-9-17)23-19(24)12-7-15-5-3-2-4-6-15/h2-6,8-11,14,22H,7,12H2,1H3,(H,23,24)/b16-14+. The zero-order chi connectivity index (χ0) is 18.8. The summed E-state index contributed by atoms with van der Waals surface area (Å²) in [6, 6.07) is 18.5. The summed E-state index contributed by atoms with van der Waals surface area (Å²) in [5, 5.41) is 14.5. The van der Waals surface area contributed by atoms with Crippen LogP contribution in [-0.2, 0) is 20.7 Å². The van der Waals surface area contributed by atoms with E-state index < -0.39 is 5.97 Å². The number of carbonyl (C=O) groups is 2. The molecule has 1 amide bonds. The first kappa shape index (κ1) is 18.7. The number of esters is 1. The predicted molar refractivity (Wildman–Crippen MR) is 99.2 cm³/mol. The van der Waals surface area contributed by atoms with Crippen LogP contribution in [-0.4, -0.2) is 19.0 Å². The smallest absolute Gasteiger partial charge is 0.350 e. The summed E-state index contributed by atoms with van der Waals surface area (Å²) in [6.45, 7) is 0. The summed E-state index contributed by atoms with van der Waals surface area (Å²) >= 11 is 0. The summed E-state index contributed by atoms with van der Waals surface area (Å²) < 4.78 is 4.49. The third kappa shape index (κ3) is 5.80. The number of amides is 1. The van der Waals surface area contributed by atoms with Gasteiger partial charge in [0.1, 0.15) is 6.07 Å². The molecule has 0 aromatic heterocycles. The van der Waals surface area contributed by atoms with Crippen molar-refractivity contribution < 1.29 is 14.3 Å². The summed E-state index contributed by atoms with van der Waals surface area (Å²) in [5.41, 5.74) is 2.33. The van der Waals surface area contributed by atoms with Crippen molar-refractivity contribution in [2.45, 2.75) is 12.8 Å². The summed E-state index contributed by atoms with van der Waals surface area (Å²) in [5.74, 6) is -0.769. The maximum Gasteiger partial charge on any atom is 0.350 e. The second-order valence-electron chi connectivity index (χ2n) is 5.42. The zero-order valence-electron chi connectivity index (χ0n) is 14.4. The fraction of sp³-hybridized carbons (Fsp3) is 0.150. The molecule has 0 unspecified atom stereocenters. The molecule has 0 saturated heterocycles. The lowest BCUT2D eigenvalue weighted by Crippen LogP contribution is -2.12. The number of nitriles is 1. The van der Waals surface area contributed by atoms with Crippen LogP contribution in [0.3, 0.4) is 0 Å². The lowest BCUT2D eigenvalue weighted by Gasteiger charge is -2.07. The van der Waals surface area contributed by atoms with Gasteiger partial charge in [-0.1, -0.05) is 30.3 Å². The van der Waals surface area contributed by atoms with E-state index >= 15 is 0 Å². The van der Waals surface area contributed by atoms with Crippen molar-refractivity contribution in [2.24, 2.45) is 0 Å². The van der Waals surface area contributed by atoms with Gasteiger partial charge in [-0.25, -0.2) is 4.79 Å². The second kappa shape index (κ2) is 9.64. The molecule has 0 saturated carbocycles. The molecule has 0 radical (unpaired) electrons. The van der Waals surface area contributed by atoms with Crippen LogP contribution in [0, 0.1) is 11.3 Å². The Morgan fingerprint density at radius 3 is 2.35 bits per heavy atom. The van der Waals surface area contributed by atoms with E-state index in [9.17, 15) is 9.59 Å². The number of rotatable bonds is 7. The molecule has 0 aliphatic rings. The molecule has 0 aliphatic heterocycles. The topological polar surface area (TPSA) is 91.2 Å². The maximum absolute atomic E-state index is 12.0. The van der Waals surface area contributed by atoms with E-state index in [1.165, 1.54) is 13.3 Å². The van der Waals surface area contributed by atoms with Gasteiger partial charge in [0.05, 0.1) is 7.11 Å². The van der Waals surface area contributed by atoms with Gasteiger partial charge in [0, 0.05) is 24.0 Å². The number of hydrogen-bond donors (Lipinski definition) is 2. The number of nitrogens with zero attached hydrogens (tertiary/aromatic N) is 1. The highest BCUT2D eigenvalue weighted by Crippen LogP contribution is 2.15. The van der Waals surface area contributed by atoms with Crippen LogP contribution in [0.1, 0.15) is 12.0 Å². The predicted octanol–water partition coefficient (Wildman–Crippen LogP) is 3.25. The molecule has 0 spiro atoms. The van der Waals surface area contributed by atoms with Crippen molar-refractivity contribution >= 4 is 23.3 Å². The molecule has 2 aromatic rings. The number of hydrogen-bond acceptors (Lipinski definition) is 5. The van der Waals surface area contributed by atoms with E-state index in [1.807, 2.05) is 30.3 Å². The van der Waals surface area contributed by atoms with Crippen molar-refractivity contribution in [2.75, 3.05) is 17.7 Å². The second-order valence-corrected chi connectivity index (χ2v) is 5.42. The minimum absolute atomic E-state index is 0.0630. The van der Waals surface area contributed by atoms with Crippen molar-refractivity contribution in [1.82, 2.24) is 0 Å². The largest absolute Gasteiger partial charge is 0.465 e. The number of aryl methyl sites for hydroxylation is 1. The maximum atomic E-state index is 12.0. The molecule has 2 N–H and O–H groups in total. The Morgan fingerprint density at radius 2 is 1.73 bits per heavy atom. The Labute approximate surface area is 152 Å². The van der Waals surface area contributed by atoms with Crippen LogP contribution >= 0.6 is 0 Å². The normalized spacial score (nSPS) is 10.5. The first-order valence-corrected chi connectivity index (χ1v) is 8.01. The molecule has 2 rings (SSSR count). The molecule has 132 valence electrons. The van der Waals surface area contributed by atoms with E-state index in [1.54, 1.807) is 30.3 Å². The van der Waals surface area contributed by atoms with Gasteiger partial charge in [-0.15, -0.1) is 0 Å². The van der Waals surface area contributed by atoms with Crippen LogP contribution in [0.25, 0.3) is 0 Å². The number of anilines is 2. The molecule has 0 heterocycles. The first-order chi connectivity index (χ1) is 12.6. The summed E-state index contributed by atoms with van der Waals surface area (Å²) in [6.07, 6.45) is 2.36. The van der Waals surface area contributed by atoms with E-state index in [0.29, 0.717) is 24.2 Å². The van der Waals surface area contributed by atoms with Crippen molar-refractivity contribution in [3.05, 3.63) is 71.9 Å². The van der Waals surface area contributed by atoms with Crippen molar-refractivity contribution in [3.63, 3.8) is 0 Å². The Morgan fingerprint density at radius 1 is 1.08 bits per heavy atom. The van der Waals surface area contributed by atoms with Gasteiger partial charge < -0.3 is 15.4 Å². The van der Waals surface area contributed by atoms with E-state index in [0.717, 1.165) is 5.56 Å². The molecule has 0 aliphatic carbocycles. The average molecular weight is 349 g/mol. The summed E-state index contributed by atoms with van der Waals surface area (Å²) in [4.78, 5) is 23.3. The summed E-state index contributed by atoms with van der Waals surface area (Å²) in [7, 11) is 1.21. The number of benzene rings is 2. The van der Waals surface area contributed by atoms with Gasteiger partial charge >= 0.3 is 5.97 Å². The molecule has 0 fully saturated rings. The van der Waals surface area contributed by atoms with E-state index in [2.05, 4.69) is 15.4 Å². The third-order valence-electron chi connectivity index (χ3n) is 3.56. The SMILES string of the molecule is COC(=O)/C(C#N)=C/Nc1ccc(NC(=O)CCc2ccccc2)cc1. The fourth-order valence-electron chi connectivity index (χ4n) is 2.18. The minimum atomic E-state index is -0.706. The Hall–Kier alpha value is -3.59. The van der Waals surface area contributed by atoms with Gasteiger partial charge in [0.15, 0.2) is 5.57 Å². The van der Waals surface area contributed by atoms with E-state index in [-0.39, 0.29) is 11.5 Å². The molecule has 6 nitrogen and oxygen atoms in total. The zero-order valence-corrected chi connectivity index (χ0v) is 14.4. The van der Waals surface area contributed by atoms with Gasteiger partial charge in [-0.05, 0) is 36.2 Å². The highest BCUT2D eigenvalue weighted by atomic mass is 16.5. The molecule has 2 aromatic carbocycles. The lowest BCUT2D eigenvalue weighted by atomic mass is 10.1. The molecular weight excluding hydrogens is 330 g/mol. The minimum Gasteiger partial charge on any atom is -0.465 e. The molecule has 26 heavy (non-hydrogen) atoms. The van der Waals surface area contributed by atoms with Crippen LogP contribution in [0.2, 0.25) is 0 Å². The number of ether oxygens (including phenoxy) is 1. The number of nitrogens with one attached hydrogen (secondary N) is 2.